The minimum Gasteiger partial charge on any atom is -0.352 e. The van der Waals surface area contributed by atoms with Gasteiger partial charge in [-0.2, -0.15) is 0 Å². The van der Waals surface area contributed by atoms with Crippen LogP contribution in [0, 0.1) is 12.8 Å². The van der Waals surface area contributed by atoms with Gasteiger partial charge in [0.2, 0.25) is 0 Å². The third-order valence-electron chi connectivity index (χ3n) is 3.87. The first kappa shape index (κ1) is 10.1. The summed E-state index contributed by atoms with van der Waals surface area (Å²) in [7, 11) is 0. The molecule has 1 aromatic heterocycles. The van der Waals surface area contributed by atoms with Crippen molar-refractivity contribution < 1.29 is 0 Å². The van der Waals surface area contributed by atoms with Crippen molar-refractivity contribution in [3.63, 3.8) is 0 Å². The molecule has 86 valence electrons. The number of rotatable bonds is 1. The van der Waals surface area contributed by atoms with Gasteiger partial charge in [0, 0.05) is 31.9 Å². The third-order valence-corrected chi connectivity index (χ3v) is 3.87. The van der Waals surface area contributed by atoms with Gasteiger partial charge in [0.1, 0.15) is 5.82 Å². The second-order valence-corrected chi connectivity index (χ2v) is 5.02. The average molecular weight is 217 g/mol. The Bertz CT molecular complexity index is 360. The van der Waals surface area contributed by atoms with Gasteiger partial charge in [0.15, 0.2) is 0 Å². The Morgan fingerprint density at radius 1 is 1.38 bits per heavy atom. The molecular formula is C13H19N3. The molecule has 3 rings (SSSR count). The fourth-order valence-corrected chi connectivity index (χ4v) is 2.98. The van der Waals surface area contributed by atoms with Crippen LogP contribution in [0.3, 0.4) is 0 Å². The zero-order chi connectivity index (χ0) is 11.0. The molecule has 2 aliphatic rings. The van der Waals surface area contributed by atoms with Gasteiger partial charge in [-0.05, 0) is 37.3 Å². The lowest BCUT2D eigenvalue weighted by Crippen LogP contribution is -2.45. The van der Waals surface area contributed by atoms with E-state index in [0.29, 0.717) is 6.04 Å². The molecule has 2 fully saturated rings. The van der Waals surface area contributed by atoms with Crippen LogP contribution >= 0.6 is 0 Å². The quantitative estimate of drug-likeness (QED) is 0.774. The number of aryl methyl sites for hydroxylation is 1. The Balaban J connectivity index is 1.85. The molecule has 2 aliphatic heterocycles. The van der Waals surface area contributed by atoms with Crippen molar-refractivity contribution in [1.82, 2.24) is 10.3 Å². The fourth-order valence-electron chi connectivity index (χ4n) is 2.98. The first-order chi connectivity index (χ1) is 7.84. The van der Waals surface area contributed by atoms with Gasteiger partial charge in [-0.3, -0.25) is 0 Å². The maximum Gasteiger partial charge on any atom is 0.128 e. The predicted octanol–water partition coefficient (Wildman–Crippen LogP) is 1.58. The number of fused-ring (bicyclic) bond motifs is 1. The van der Waals surface area contributed by atoms with E-state index in [1.54, 1.807) is 0 Å². The van der Waals surface area contributed by atoms with E-state index in [1.807, 2.05) is 6.20 Å². The van der Waals surface area contributed by atoms with Crippen LogP contribution in [0.15, 0.2) is 18.3 Å². The molecule has 1 N–H and O–H groups in total. The van der Waals surface area contributed by atoms with E-state index < -0.39 is 0 Å². The van der Waals surface area contributed by atoms with Crippen molar-refractivity contribution in [1.29, 1.82) is 0 Å². The number of piperidine rings is 1. The van der Waals surface area contributed by atoms with Gasteiger partial charge in [-0.15, -0.1) is 0 Å². The number of pyridine rings is 1. The normalized spacial score (nSPS) is 29.2. The van der Waals surface area contributed by atoms with E-state index in [4.69, 9.17) is 0 Å². The number of hydrogen-bond donors (Lipinski definition) is 1. The first-order valence-corrected chi connectivity index (χ1v) is 6.24. The van der Waals surface area contributed by atoms with Crippen molar-refractivity contribution >= 4 is 5.82 Å². The molecule has 2 atom stereocenters. The maximum absolute atomic E-state index is 4.56. The summed E-state index contributed by atoms with van der Waals surface area (Å²) in [6.45, 7) is 5.57. The molecule has 0 aliphatic carbocycles. The van der Waals surface area contributed by atoms with E-state index >= 15 is 0 Å². The molecule has 1 aromatic rings. The summed E-state index contributed by atoms with van der Waals surface area (Å²) in [5.74, 6) is 1.99. The van der Waals surface area contributed by atoms with E-state index in [1.165, 1.54) is 31.5 Å². The molecule has 3 heterocycles. The Morgan fingerprint density at radius 3 is 3.12 bits per heavy atom. The molecule has 0 saturated carbocycles. The van der Waals surface area contributed by atoms with E-state index in [0.717, 1.165) is 18.3 Å². The second kappa shape index (κ2) is 4.06. The molecule has 3 heteroatoms. The number of nitrogens with one attached hydrogen (secondary N) is 1. The highest BCUT2D eigenvalue weighted by atomic mass is 15.3. The van der Waals surface area contributed by atoms with Crippen LogP contribution in [-0.2, 0) is 0 Å². The summed E-state index contributed by atoms with van der Waals surface area (Å²) >= 11 is 0. The van der Waals surface area contributed by atoms with Crippen molar-refractivity contribution in [2.75, 3.05) is 24.5 Å². The molecule has 2 unspecified atom stereocenters. The zero-order valence-corrected chi connectivity index (χ0v) is 9.82. The van der Waals surface area contributed by atoms with Gasteiger partial charge in [0.05, 0.1) is 0 Å². The van der Waals surface area contributed by atoms with Gasteiger partial charge in [-0.1, -0.05) is 6.07 Å². The minimum absolute atomic E-state index is 0.670. The standard InChI is InChI=1S/C13H19N3/c1-10-4-5-13(15-7-10)16-6-2-3-11-8-14-9-12(11)16/h4-5,7,11-12,14H,2-3,6,8-9H2,1H3. The molecular weight excluding hydrogens is 198 g/mol. The number of aromatic nitrogens is 1. The van der Waals surface area contributed by atoms with Crippen LogP contribution in [0.25, 0.3) is 0 Å². The van der Waals surface area contributed by atoms with Gasteiger partial charge < -0.3 is 10.2 Å². The van der Waals surface area contributed by atoms with Crippen LogP contribution < -0.4 is 10.2 Å². The SMILES string of the molecule is Cc1ccc(N2CCCC3CNCC32)nc1. The molecule has 0 radical (unpaired) electrons. The van der Waals surface area contributed by atoms with E-state index in [-0.39, 0.29) is 0 Å². The van der Waals surface area contributed by atoms with Crippen LogP contribution in [0.4, 0.5) is 5.82 Å². The van der Waals surface area contributed by atoms with E-state index in [9.17, 15) is 0 Å². The summed E-state index contributed by atoms with van der Waals surface area (Å²) in [4.78, 5) is 7.05. The molecule has 2 saturated heterocycles. The summed E-state index contributed by atoms with van der Waals surface area (Å²) < 4.78 is 0. The highest BCUT2D eigenvalue weighted by molar-refractivity contribution is 5.42. The van der Waals surface area contributed by atoms with Crippen molar-refractivity contribution in [2.24, 2.45) is 5.92 Å². The second-order valence-electron chi connectivity index (χ2n) is 5.02. The van der Waals surface area contributed by atoms with Gasteiger partial charge in [0.25, 0.3) is 0 Å². The lowest BCUT2D eigenvalue weighted by atomic mass is 9.92. The highest BCUT2D eigenvalue weighted by Gasteiger charge is 2.35. The Morgan fingerprint density at radius 2 is 2.31 bits per heavy atom. The summed E-state index contributed by atoms with van der Waals surface area (Å²) in [5.41, 5.74) is 1.24. The van der Waals surface area contributed by atoms with Crippen LogP contribution in [0.5, 0.6) is 0 Å². The average Bonchev–Trinajstić information content (AvgIpc) is 2.78. The summed E-state index contributed by atoms with van der Waals surface area (Å²) in [6.07, 6.45) is 4.65. The largest absolute Gasteiger partial charge is 0.352 e. The third kappa shape index (κ3) is 1.69. The van der Waals surface area contributed by atoms with E-state index in [2.05, 4.69) is 34.3 Å². The monoisotopic (exact) mass is 217 g/mol. The highest BCUT2D eigenvalue weighted by Crippen LogP contribution is 2.29. The smallest absolute Gasteiger partial charge is 0.128 e. The molecule has 0 bridgehead atoms. The molecule has 0 spiro atoms. The van der Waals surface area contributed by atoms with Crippen molar-refractivity contribution in [2.45, 2.75) is 25.8 Å². The summed E-state index contributed by atoms with van der Waals surface area (Å²) in [5, 5.41) is 3.51. The van der Waals surface area contributed by atoms with Crippen molar-refractivity contribution in [3.8, 4) is 0 Å². The number of anilines is 1. The minimum atomic E-state index is 0.670. The van der Waals surface area contributed by atoms with Crippen molar-refractivity contribution in [3.05, 3.63) is 23.9 Å². The molecule has 0 aromatic carbocycles. The van der Waals surface area contributed by atoms with Crippen LogP contribution in [0.1, 0.15) is 18.4 Å². The lowest BCUT2D eigenvalue weighted by molar-refractivity contribution is 0.383. The maximum atomic E-state index is 4.56. The first-order valence-electron chi connectivity index (χ1n) is 6.24. The van der Waals surface area contributed by atoms with Gasteiger partial charge >= 0.3 is 0 Å². The fraction of sp³-hybridized carbons (Fsp3) is 0.615. The lowest BCUT2D eigenvalue weighted by Gasteiger charge is -2.37. The summed E-state index contributed by atoms with van der Waals surface area (Å²) in [6, 6.07) is 4.99. The zero-order valence-electron chi connectivity index (χ0n) is 9.82. The Hall–Kier alpha value is -1.09. The molecule has 16 heavy (non-hydrogen) atoms. The van der Waals surface area contributed by atoms with Gasteiger partial charge in [-0.25, -0.2) is 4.98 Å². The topological polar surface area (TPSA) is 28.2 Å². The Kier molecular flexibility index (Phi) is 2.56. The number of nitrogens with zero attached hydrogens (tertiary/aromatic N) is 2. The molecule has 0 amide bonds. The Labute approximate surface area is 96.9 Å². The predicted molar refractivity (Wildman–Crippen MR) is 65.7 cm³/mol. The van der Waals surface area contributed by atoms with Crippen LogP contribution in [0.2, 0.25) is 0 Å². The van der Waals surface area contributed by atoms with Crippen LogP contribution in [-0.4, -0.2) is 30.7 Å². The number of hydrogen-bond acceptors (Lipinski definition) is 3. The molecule has 3 nitrogen and oxygen atoms in total.